The van der Waals surface area contributed by atoms with Crippen LogP contribution in [-0.2, 0) is 5.75 Å². The Morgan fingerprint density at radius 2 is 1.93 bits per heavy atom. The number of nitrogens with one attached hydrogen (secondary N) is 1. The molecule has 3 aromatic rings. The van der Waals surface area contributed by atoms with E-state index < -0.39 is 40.5 Å². The number of rotatable bonds is 3. The molecule has 2 aromatic carbocycles. The molecule has 0 fully saturated rings. The van der Waals surface area contributed by atoms with Crippen LogP contribution in [0.1, 0.15) is 33.2 Å². The molecule has 9 heteroatoms. The van der Waals surface area contributed by atoms with Gasteiger partial charge in [0.25, 0.3) is 5.91 Å². The van der Waals surface area contributed by atoms with E-state index in [-0.39, 0.29) is 11.3 Å². The molecule has 0 saturated heterocycles. The van der Waals surface area contributed by atoms with Gasteiger partial charge in [-0.3, -0.25) is 14.3 Å². The lowest BCUT2D eigenvalue weighted by molar-refractivity contribution is 0.0988. The third-order valence-electron chi connectivity index (χ3n) is 4.72. The summed E-state index contributed by atoms with van der Waals surface area (Å²) in [4.78, 5) is 24.4. The van der Waals surface area contributed by atoms with Crippen LogP contribution in [0.15, 0.2) is 58.4 Å². The van der Waals surface area contributed by atoms with Crippen molar-refractivity contribution in [3.63, 3.8) is 0 Å². The lowest BCUT2D eigenvalue weighted by Crippen LogP contribution is -2.31. The topological polar surface area (TPSA) is 97.4 Å². The zero-order chi connectivity index (χ0) is 20.7. The molecular weight excluding hydrogens is 400 g/mol. The second kappa shape index (κ2) is 7.25. The number of primary amides is 1. The van der Waals surface area contributed by atoms with Gasteiger partial charge >= 0.3 is 0 Å². The number of halogens is 2. The predicted octanol–water partition coefficient (Wildman–Crippen LogP) is 2.87. The largest absolute Gasteiger partial charge is 0.502 e. The first-order valence-corrected chi connectivity index (χ1v) is 9.56. The summed E-state index contributed by atoms with van der Waals surface area (Å²) in [6.45, 7) is 0. The minimum absolute atomic E-state index is 0.189. The number of amides is 1. The quantitative estimate of drug-likeness (QED) is 0.611. The lowest BCUT2D eigenvalue weighted by atomic mass is 9.95. The summed E-state index contributed by atoms with van der Waals surface area (Å²) in [5.74, 6) is -3.49. The van der Waals surface area contributed by atoms with Gasteiger partial charge in [-0.15, -0.1) is 11.8 Å². The molecule has 1 aliphatic heterocycles. The molecule has 4 N–H and O–H groups in total. The van der Waals surface area contributed by atoms with Crippen molar-refractivity contribution in [3.05, 3.63) is 92.9 Å². The number of thioether (sulfide) groups is 1. The number of carbonyl (C=O) groups is 1. The van der Waals surface area contributed by atoms with Crippen molar-refractivity contribution in [2.75, 3.05) is 5.43 Å². The second-order valence-corrected chi connectivity index (χ2v) is 7.45. The summed E-state index contributed by atoms with van der Waals surface area (Å²) in [5, 5.41) is 10.0. The number of aromatic nitrogens is 1. The van der Waals surface area contributed by atoms with Gasteiger partial charge in [0, 0.05) is 28.5 Å². The first-order valence-electron chi connectivity index (χ1n) is 8.58. The molecule has 29 heavy (non-hydrogen) atoms. The number of aromatic hydroxyl groups is 1. The molecule has 4 rings (SSSR count). The summed E-state index contributed by atoms with van der Waals surface area (Å²) >= 11 is 1.36. The van der Waals surface area contributed by atoms with Crippen LogP contribution in [-0.4, -0.2) is 15.7 Å². The molecule has 1 aromatic heterocycles. The number of fused-ring (bicyclic) bond motifs is 2. The van der Waals surface area contributed by atoms with E-state index in [0.717, 1.165) is 27.3 Å². The second-order valence-electron chi connectivity index (χ2n) is 6.43. The summed E-state index contributed by atoms with van der Waals surface area (Å²) in [7, 11) is 0. The van der Waals surface area contributed by atoms with E-state index in [9.17, 15) is 23.5 Å². The van der Waals surface area contributed by atoms with E-state index in [2.05, 4.69) is 5.43 Å². The highest BCUT2D eigenvalue weighted by atomic mass is 32.2. The first kappa shape index (κ1) is 19.0. The SMILES string of the molecule is NC(=O)c1c(O)c(=O)ccn1NC1c2ccccc2SCc2c1ccc(F)c2F. The van der Waals surface area contributed by atoms with Crippen LogP contribution < -0.4 is 16.6 Å². The number of hydrogen-bond donors (Lipinski definition) is 3. The zero-order valence-electron chi connectivity index (χ0n) is 14.9. The summed E-state index contributed by atoms with van der Waals surface area (Å²) in [5.41, 5.74) is 8.57. The molecular formula is C20H15F2N3O3S. The number of benzene rings is 2. The van der Waals surface area contributed by atoms with Crippen molar-refractivity contribution in [2.24, 2.45) is 5.73 Å². The summed E-state index contributed by atoms with van der Waals surface area (Å²) in [6.07, 6.45) is 1.25. The standard InChI is InChI=1S/C20H15F2N3O3S/c21-13-6-5-10-12(16(13)22)9-29-15-4-2-1-3-11(15)17(10)24-25-8-7-14(26)19(27)18(25)20(23)28/h1-8,17,24,27H,9H2,(H2,23,28). The molecule has 6 nitrogen and oxygen atoms in total. The Hall–Kier alpha value is -3.33. The van der Waals surface area contributed by atoms with Gasteiger partial charge in [-0.05, 0) is 23.3 Å². The average molecular weight is 415 g/mol. The first-order chi connectivity index (χ1) is 13.9. The molecule has 0 spiro atoms. The fourth-order valence-corrected chi connectivity index (χ4v) is 4.46. The van der Waals surface area contributed by atoms with Crippen molar-refractivity contribution < 1.29 is 18.7 Å². The van der Waals surface area contributed by atoms with Gasteiger partial charge in [-0.2, -0.15) is 0 Å². The molecule has 2 heterocycles. The maximum atomic E-state index is 14.5. The van der Waals surface area contributed by atoms with Gasteiger partial charge in [0.15, 0.2) is 23.1 Å². The Labute approximate surface area is 167 Å². The Kier molecular flexibility index (Phi) is 4.75. The Morgan fingerprint density at radius 3 is 2.69 bits per heavy atom. The molecule has 1 amide bonds. The maximum absolute atomic E-state index is 14.5. The lowest BCUT2D eigenvalue weighted by Gasteiger charge is -2.25. The van der Waals surface area contributed by atoms with Crippen LogP contribution in [0.3, 0.4) is 0 Å². The molecule has 1 unspecified atom stereocenters. The van der Waals surface area contributed by atoms with Crippen LogP contribution in [0.2, 0.25) is 0 Å². The highest BCUT2D eigenvalue weighted by molar-refractivity contribution is 7.98. The number of nitrogens with two attached hydrogens (primary N) is 1. The van der Waals surface area contributed by atoms with E-state index in [1.54, 1.807) is 6.07 Å². The van der Waals surface area contributed by atoms with Gasteiger partial charge in [0.05, 0.1) is 6.04 Å². The smallest absolute Gasteiger partial charge is 0.271 e. The average Bonchev–Trinajstić information content (AvgIpc) is 2.85. The molecule has 0 radical (unpaired) electrons. The molecule has 0 saturated carbocycles. The van der Waals surface area contributed by atoms with Gasteiger partial charge in [-0.25, -0.2) is 8.78 Å². The molecule has 0 aliphatic carbocycles. The van der Waals surface area contributed by atoms with Gasteiger partial charge in [0.1, 0.15) is 0 Å². The summed E-state index contributed by atoms with van der Waals surface area (Å²) in [6, 6.07) is 10.2. The molecule has 0 bridgehead atoms. The van der Waals surface area contributed by atoms with Crippen molar-refractivity contribution in [1.29, 1.82) is 0 Å². The van der Waals surface area contributed by atoms with Crippen molar-refractivity contribution >= 4 is 17.7 Å². The third-order valence-corrected chi connectivity index (χ3v) is 5.84. The maximum Gasteiger partial charge on any atom is 0.271 e. The molecule has 148 valence electrons. The van der Waals surface area contributed by atoms with E-state index >= 15 is 0 Å². The van der Waals surface area contributed by atoms with E-state index in [4.69, 9.17) is 5.73 Å². The fraction of sp³-hybridized carbons (Fsp3) is 0.100. The Bertz CT molecular complexity index is 1200. The van der Waals surface area contributed by atoms with Crippen molar-refractivity contribution in [2.45, 2.75) is 16.7 Å². The third kappa shape index (κ3) is 3.23. The minimum Gasteiger partial charge on any atom is -0.502 e. The van der Waals surface area contributed by atoms with E-state index in [1.165, 1.54) is 24.0 Å². The molecule has 1 atom stereocenters. The predicted molar refractivity (Wildman–Crippen MR) is 104 cm³/mol. The van der Waals surface area contributed by atoms with Gasteiger partial charge in [0.2, 0.25) is 5.43 Å². The highest BCUT2D eigenvalue weighted by Crippen LogP contribution is 2.41. The highest BCUT2D eigenvalue weighted by Gasteiger charge is 2.28. The van der Waals surface area contributed by atoms with Crippen LogP contribution in [0, 0.1) is 11.6 Å². The number of nitrogens with zero attached hydrogens (tertiary/aromatic N) is 1. The van der Waals surface area contributed by atoms with Crippen LogP contribution in [0.5, 0.6) is 5.75 Å². The van der Waals surface area contributed by atoms with Crippen LogP contribution in [0.4, 0.5) is 8.78 Å². The monoisotopic (exact) mass is 415 g/mol. The van der Waals surface area contributed by atoms with Gasteiger partial charge in [-0.1, -0.05) is 24.3 Å². The van der Waals surface area contributed by atoms with E-state index in [0.29, 0.717) is 5.56 Å². The van der Waals surface area contributed by atoms with Crippen molar-refractivity contribution in [3.8, 4) is 5.75 Å². The Morgan fingerprint density at radius 1 is 1.17 bits per heavy atom. The normalized spacial score (nSPS) is 15.2. The minimum atomic E-state index is -1.02. The van der Waals surface area contributed by atoms with Crippen LogP contribution in [0.25, 0.3) is 0 Å². The van der Waals surface area contributed by atoms with E-state index in [1.807, 2.05) is 18.2 Å². The zero-order valence-corrected chi connectivity index (χ0v) is 15.7. The molecule has 1 aliphatic rings. The number of carbonyl (C=O) groups excluding carboxylic acids is 1. The Balaban J connectivity index is 1.93. The summed E-state index contributed by atoms with van der Waals surface area (Å²) < 4.78 is 29.5. The number of hydrogen-bond acceptors (Lipinski definition) is 5. The van der Waals surface area contributed by atoms with Gasteiger partial charge < -0.3 is 16.3 Å². The fourth-order valence-electron chi connectivity index (χ4n) is 3.34. The number of pyridine rings is 1. The van der Waals surface area contributed by atoms with Crippen molar-refractivity contribution in [1.82, 2.24) is 4.68 Å². The van der Waals surface area contributed by atoms with Crippen LogP contribution >= 0.6 is 11.8 Å².